The molecule has 1 aromatic rings. The third kappa shape index (κ3) is 2.84. The highest BCUT2D eigenvalue weighted by Gasteiger charge is 2.24. The summed E-state index contributed by atoms with van der Waals surface area (Å²) in [5, 5.41) is 18.0. The van der Waals surface area contributed by atoms with E-state index in [1.165, 1.54) is 0 Å². The van der Waals surface area contributed by atoms with Gasteiger partial charge in [-0.1, -0.05) is 6.07 Å². The van der Waals surface area contributed by atoms with Crippen LogP contribution in [0.15, 0.2) is 18.2 Å². The molecule has 1 rings (SSSR count). The number of rotatable bonds is 3. The van der Waals surface area contributed by atoms with Gasteiger partial charge in [-0.05, 0) is 11.6 Å². The van der Waals surface area contributed by atoms with Gasteiger partial charge in [0, 0.05) is 6.07 Å². The molecule has 3 nitrogen and oxygen atoms in total. The molecule has 1 aromatic carbocycles. The van der Waals surface area contributed by atoms with Crippen molar-refractivity contribution in [1.82, 2.24) is 0 Å². The van der Waals surface area contributed by atoms with E-state index in [1.807, 2.05) is 0 Å². The van der Waals surface area contributed by atoms with Gasteiger partial charge in [-0.3, -0.25) is 0 Å². The Morgan fingerprint density at radius 3 is 2.50 bits per heavy atom. The second kappa shape index (κ2) is 4.14. The first-order valence-corrected chi connectivity index (χ1v) is 4.09. The molecule has 14 heavy (non-hydrogen) atoms. The molecule has 0 aliphatic carbocycles. The van der Waals surface area contributed by atoms with Crippen molar-refractivity contribution in [2.75, 3.05) is 0 Å². The third-order valence-electron chi connectivity index (χ3n) is 1.60. The number of aliphatic hydroxyl groups is 2. The maximum atomic E-state index is 13.0. The van der Waals surface area contributed by atoms with Crippen molar-refractivity contribution in [1.29, 1.82) is 0 Å². The number of halogens is 2. The molecule has 0 unspecified atom stereocenters. The molecule has 0 atom stereocenters. The second-order valence-electron chi connectivity index (χ2n) is 2.76. The van der Waals surface area contributed by atoms with Crippen molar-refractivity contribution in [2.24, 2.45) is 0 Å². The molecule has 0 aromatic heterocycles. The van der Waals surface area contributed by atoms with Crippen molar-refractivity contribution >= 4 is 10.5 Å². The van der Waals surface area contributed by atoms with E-state index in [4.69, 9.17) is 10.2 Å². The summed E-state index contributed by atoms with van der Waals surface area (Å²) < 4.78 is 29.5. The summed E-state index contributed by atoms with van der Waals surface area (Å²) in [7, 11) is 2.42. The van der Waals surface area contributed by atoms with Crippen LogP contribution in [0.2, 0.25) is 0 Å². The molecule has 0 spiro atoms. The quantitative estimate of drug-likeness (QED) is 0.563. The van der Waals surface area contributed by atoms with Crippen LogP contribution in [0.25, 0.3) is 0 Å². The highest BCUT2D eigenvalue weighted by atomic mass is 28.2. The zero-order valence-electron chi connectivity index (χ0n) is 7.00. The van der Waals surface area contributed by atoms with E-state index in [0.717, 1.165) is 12.1 Å². The standard InChI is InChI=1S/C8H7F2O3Si/c9-6-2-1-5(7(10)3-6)4-8(11,12)13-14/h1-3,11-12H,4H2. The Morgan fingerprint density at radius 2 is 2.00 bits per heavy atom. The van der Waals surface area contributed by atoms with Crippen LogP contribution >= 0.6 is 0 Å². The maximum Gasteiger partial charge on any atom is 0.272 e. The molecule has 0 saturated carbocycles. The van der Waals surface area contributed by atoms with Gasteiger partial charge in [-0.15, -0.1) is 0 Å². The first kappa shape index (κ1) is 11.3. The zero-order valence-corrected chi connectivity index (χ0v) is 8.00. The summed E-state index contributed by atoms with van der Waals surface area (Å²) in [6.07, 6.45) is -0.511. The molecule has 0 saturated heterocycles. The molecular weight excluding hydrogens is 210 g/mol. The van der Waals surface area contributed by atoms with E-state index in [-0.39, 0.29) is 5.56 Å². The number of hydrogen-bond acceptors (Lipinski definition) is 3. The van der Waals surface area contributed by atoms with E-state index in [9.17, 15) is 8.78 Å². The molecule has 6 heteroatoms. The van der Waals surface area contributed by atoms with Crippen LogP contribution in [0.5, 0.6) is 0 Å². The van der Waals surface area contributed by atoms with Crippen LogP contribution in [0, 0.1) is 11.6 Å². The van der Waals surface area contributed by atoms with Gasteiger partial charge in [0.25, 0.3) is 16.5 Å². The Labute approximate surface area is 82.5 Å². The zero-order chi connectivity index (χ0) is 10.8. The van der Waals surface area contributed by atoms with Gasteiger partial charge in [-0.2, -0.15) is 0 Å². The molecule has 3 radical (unpaired) electrons. The minimum atomic E-state index is -2.52. The normalized spacial score (nSPS) is 11.8. The van der Waals surface area contributed by atoms with Gasteiger partial charge in [0.2, 0.25) is 0 Å². The maximum absolute atomic E-state index is 13.0. The van der Waals surface area contributed by atoms with Gasteiger partial charge in [0.1, 0.15) is 11.6 Å². The fraction of sp³-hybridized carbons (Fsp3) is 0.250. The molecule has 0 aliphatic heterocycles. The molecule has 0 bridgehead atoms. The summed E-state index contributed by atoms with van der Waals surface area (Å²) in [4.78, 5) is 0. The van der Waals surface area contributed by atoms with Gasteiger partial charge in [0.05, 0.1) is 6.42 Å². The number of hydrogen-bond donors (Lipinski definition) is 2. The lowest BCUT2D eigenvalue weighted by Gasteiger charge is -2.19. The van der Waals surface area contributed by atoms with Crippen LogP contribution in [0.4, 0.5) is 8.78 Å². The van der Waals surface area contributed by atoms with Crippen LogP contribution < -0.4 is 0 Å². The lowest BCUT2D eigenvalue weighted by molar-refractivity contribution is -0.290. The molecule has 75 valence electrons. The highest BCUT2D eigenvalue weighted by Crippen LogP contribution is 2.15. The minimum Gasteiger partial charge on any atom is -0.371 e. The summed E-state index contributed by atoms with van der Waals surface area (Å²) in [6.45, 7) is 0. The lowest BCUT2D eigenvalue weighted by atomic mass is 10.1. The van der Waals surface area contributed by atoms with E-state index >= 15 is 0 Å². The average Bonchev–Trinajstić information content (AvgIpc) is 2.10. The average molecular weight is 217 g/mol. The molecule has 2 N–H and O–H groups in total. The van der Waals surface area contributed by atoms with E-state index in [2.05, 4.69) is 14.9 Å². The lowest BCUT2D eigenvalue weighted by Crippen LogP contribution is -2.33. The minimum absolute atomic E-state index is 0.0605. The topological polar surface area (TPSA) is 49.7 Å². The van der Waals surface area contributed by atoms with Crippen LogP contribution in [0.3, 0.4) is 0 Å². The highest BCUT2D eigenvalue weighted by molar-refractivity contribution is 5.98. The predicted octanol–water partition coefficient (Wildman–Crippen LogP) is 0.246. The third-order valence-corrected chi connectivity index (χ3v) is 1.93. The fourth-order valence-corrected chi connectivity index (χ4v) is 1.02. The van der Waals surface area contributed by atoms with Crippen LogP contribution in [-0.4, -0.2) is 26.7 Å². The molecule has 0 aliphatic rings. The van der Waals surface area contributed by atoms with E-state index in [0.29, 0.717) is 6.07 Å². The van der Waals surface area contributed by atoms with E-state index in [1.54, 1.807) is 0 Å². The molecule has 0 amide bonds. The van der Waals surface area contributed by atoms with Gasteiger partial charge < -0.3 is 14.6 Å². The molecule has 0 fully saturated rings. The predicted molar refractivity (Wildman–Crippen MR) is 44.1 cm³/mol. The Balaban J connectivity index is 2.87. The Morgan fingerprint density at radius 1 is 1.36 bits per heavy atom. The van der Waals surface area contributed by atoms with Gasteiger partial charge in [0.15, 0.2) is 0 Å². The smallest absolute Gasteiger partial charge is 0.272 e. The Kier molecular flexibility index (Phi) is 3.32. The summed E-state index contributed by atoms with van der Waals surface area (Å²) in [5.41, 5.74) is -0.0605. The summed E-state index contributed by atoms with van der Waals surface area (Å²) in [6, 6.07) is 2.78. The van der Waals surface area contributed by atoms with Crippen LogP contribution in [-0.2, 0) is 10.8 Å². The van der Waals surface area contributed by atoms with Crippen molar-refractivity contribution < 1.29 is 23.4 Å². The first-order valence-electron chi connectivity index (χ1n) is 3.68. The molecular formula is C8H7F2O3Si. The van der Waals surface area contributed by atoms with Gasteiger partial charge in [-0.25, -0.2) is 8.78 Å². The van der Waals surface area contributed by atoms with Crippen molar-refractivity contribution in [3.05, 3.63) is 35.4 Å². The summed E-state index contributed by atoms with van der Waals surface area (Å²) >= 11 is 0. The monoisotopic (exact) mass is 217 g/mol. The van der Waals surface area contributed by atoms with E-state index < -0.39 is 24.0 Å². The first-order chi connectivity index (χ1) is 6.44. The Hall–Kier alpha value is -0.823. The SMILES string of the molecule is OC(O)(Cc1ccc(F)cc1F)O[Si]. The van der Waals surface area contributed by atoms with Crippen molar-refractivity contribution in [2.45, 2.75) is 12.4 Å². The van der Waals surface area contributed by atoms with Crippen molar-refractivity contribution in [3.8, 4) is 0 Å². The largest absolute Gasteiger partial charge is 0.371 e. The number of benzene rings is 1. The second-order valence-corrected chi connectivity index (χ2v) is 2.96. The molecule has 0 heterocycles. The summed E-state index contributed by atoms with van der Waals surface area (Å²) in [5.74, 6) is -4.11. The van der Waals surface area contributed by atoms with Crippen molar-refractivity contribution in [3.63, 3.8) is 0 Å². The van der Waals surface area contributed by atoms with Crippen LogP contribution in [0.1, 0.15) is 5.56 Å². The van der Waals surface area contributed by atoms with Gasteiger partial charge >= 0.3 is 0 Å². The fourth-order valence-electron chi connectivity index (χ4n) is 0.949. The Bertz CT molecular complexity index is 330.